The lowest BCUT2D eigenvalue weighted by atomic mass is 10.1. The SMILES string of the molecule is Cl.O=C(Nc1cn(Cc2cn(C3CCNCC3)nn2)nc1-c1cc(Cl)ccc1OC(F)F)c1cnn2cccnc12. The first-order chi connectivity index (χ1) is 19.4. The van der Waals surface area contributed by atoms with Crippen LogP contribution in [0.5, 0.6) is 5.75 Å². The van der Waals surface area contributed by atoms with E-state index < -0.39 is 12.5 Å². The first-order valence-corrected chi connectivity index (χ1v) is 12.9. The number of nitrogens with one attached hydrogen (secondary N) is 2. The second-order valence-corrected chi connectivity index (χ2v) is 9.62. The Balaban J connectivity index is 0.00000337. The predicted octanol–water partition coefficient (Wildman–Crippen LogP) is 4.09. The van der Waals surface area contributed by atoms with Gasteiger partial charge in [-0.15, -0.1) is 17.5 Å². The number of nitrogens with zero attached hydrogens (tertiary/aromatic N) is 8. The topological polar surface area (TPSA) is 129 Å². The molecule has 0 aliphatic carbocycles. The van der Waals surface area contributed by atoms with Crippen molar-refractivity contribution in [3.05, 3.63) is 71.5 Å². The Bertz CT molecular complexity index is 1670. The average molecular weight is 605 g/mol. The van der Waals surface area contributed by atoms with Crippen LogP contribution in [0.1, 0.15) is 34.9 Å². The summed E-state index contributed by atoms with van der Waals surface area (Å²) in [6.45, 7) is -1.03. The van der Waals surface area contributed by atoms with Gasteiger partial charge in [-0.05, 0) is 50.2 Å². The lowest BCUT2D eigenvalue weighted by molar-refractivity contribution is -0.0494. The first kappa shape index (κ1) is 28.4. The highest BCUT2D eigenvalue weighted by atomic mass is 35.5. The number of amides is 1. The molecule has 1 aromatic carbocycles. The van der Waals surface area contributed by atoms with Crippen LogP contribution in [0.3, 0.4) is 0 Å². The van der Waals surface area contributed by atoms with E-state index in [4.69, 9.17) is 16.3 Å². The van der Waals surface area contributed by atoms with Gasteiger partial charge in [0.05, 0.1) is 30.7 Å². The number of alkyl halides is 2. The van der Waals surface area contributed by atoms with Gasteiger partial charge in [0.15, 0.2) is 5.65 Å². The molecule has 1 aliphatic rings. The second kappa shape index (κ2) is 12.2. The zero-order valence-corrected chi connectivity index (χ0v) is 22.9. The fourth-order valence-electron chi connectivity index (χ4n) is 4.66. The zero-order valence-electron chi connectivity index (χ0n) is 21.3. The Hall–Kier alpha value is -4.14. The highest BCUT2D eigenvalue weighted by Crippen LogP contribution is 2.37. The van der Waals surface area contributed by atoms with Crippen molar-refractivity contribution in [2.75, 3.05) is 18.4 Å². The molecular weight excluding hydrogens is 581 g/mol. The van der Waals surface area contributed by atoms with Gasteiger partial charge in [-0.25, -0.2) is 14.2 Å². The monoisotopic (exact) mass is 604 g/mol. The van der Waals surface area contributed by atoms with E-state index in [0.29, 0.717) is 11.3 Å². The highest BCUT2D eigenvalue weighted by molar-refractivity contribution is 6.31. The molecule has 0 radical (unpaired) electrons. The molecule has 4 aromatic heterocycles. The maximum atomic E-state index is 13.3. The van der Waals surface area contributed by atoms with Crippen LogP contribution in [0.15, 0.2) is 55.2 Å². The van der Waals surface area contributed by atoms with Crippen molar-refractivity contribution in [3.8, 4) is 17.0 Å². The standard InChI is InChI=1S/C25H23ClF2N10O2.ClH/c26-15-2-3-21(40-25(27)28)18(10-15)22-20(32-24(39)19-11-31-37-9-1-6-30-23(19)37)14-36(34-22)12-16-13-38(35-33-16)17-4-7-29-8-5-17;/h1-3,6,9-11,13-14,17,25,29H,4-5,7-8,12H2,(H,32,39);1H. The van der Waals surface area contributed by atoms with E-state index >= 15 is 0 Å². The third kappa shape index (κ3) is 6.14. The number of rotatable bonds is 8. The van der Waals surface area contributed by atoms with Gasteiger partial charge in [0.1, 0.15) is 22.7 Å². The predicted molar refractivity (Wildman–Crippen MR) is 148 cm³/mol. The van der Waals surface area contributed by atoms with Gasteiger partial charge in [0, 0.05) is 29.2 Å². The van der Waals surface area contributed by atoms with Crippen LogP contribution in [0.25, 0.3) is 16.9 Å². The van der Waals surface area contributed by atoms with E-state index in [1.54, 1.807) is 29.3 Å². The Labute approximate surface area is 243 Å². The molecule has 12 nitrogen and oxygen atoms in total. The van der Waals surface area contributed by atoms with Crippen molar-refractivity contribution in [1.29, 1.82) is 0 Å². The molecule has 1 aliphatic heterocycles. The van der Waals surface area contributed by atoms with Gasteiger partial charge in [-0.2, -0.15) is 19.0 Å². The van der Waals surface area contributed by atoms with E-state index in [-0.39, 0.29) is 58.3 Å². The van der Waals surface area contributed by atoms with E-state index in [9.17, 15) is 13.6 Å². The van der Waals surface area contributed by atoms with Gasteiger partial charge >= 0.3 is 6.61 Å². The maximum Gasteiger partial charge on any atom is 0.387 e. The van der Waals surface area contributed by atoms with Crippen molar-refractivity contribution in [3.63, 3.8) is 0 Å². The number of carbonyl (C=O) groups is 1. The molecule has 0 spiro atoms. The van der Waals surface area contributed by atoms with E-state index in [0.717, 1.165) is 25.9 Å². The molecule has 0 bridgehead atoms. The summed E-state index contributed by atoms with van der Waals surface area (Å²) < 4.78 is 36.0. The summed E-state index contributed by atoms with van der Waals surface area (Å²) in [4.78, 5) is 17.5. The number of carbonyl (C=O) groups excluding carboxylic acids is 1. The third-order valence-corrected chi connectivity index (χ3v) is 6.75. The Kier molecular flexibility index (Phi) is 8.42. The molecule has 1 amide bonds. The minimum atomic E-state index is -3.07. The largest absolute Gasteiger partial charge is 0.434 e. The summed E-state index contributed by atoms with van der Waals surface area (Å²) in [6, 6.07) is 6.15. The van der Waals surface area contributed by atoms with Crippen LogP contribution in [-0.2, 0) is 6.54 Å². The lowest BCUT2D eigenvalue weighted by Gasteiger charge is -2.22. The Morgan fingerprint density at radius 3 is 2.88 bits per heavy atom. The summed E-state index contributed by atoms with van der Waals surface area (Å²) >= 11 is 6.21. The Morgan fingerprint density at radius 2 is 2.07 bits per heavy atom. The smallest absolute Gasteiger partial charge is 0.387 e. The van der Waals surface area contributed by atoms with Crippen molar-refractivity contribution >= 4 is 41.2 Å². The van der Waals surface area contributed by atoms with Crippen molar-refractivity contribution in [2.24, 2.45) is 0 Å². The quantitative estimate of drug-likeness (QED) is 0.271. The average Bonchev–Trinajstić information content (AvgIpc) is 3.69. The summed E-state index contributed by atoms with van der Waals surface area (Å²) in [5.41, 5.74) is 1.83. The van der Waals surface area contributed by atoms with E-state index in [1.807, 2.05) is 10.9 Å². The summed E-state index contributed by atoms with van der Waals surface area (Å²) in [7, 11) is 0. The number of halogens is 4. The maximum absolute atomic E-state index is 13.3. The van der Waals surface area contributed by atoms with Gasteiger partial charge < -0.3 is 15.4 Å². The molecule has 2 N–H and O–H groups in total. The minimum absolute atomic E-state index is 0. The number of hydrogen-bond donors (Lipinski definition) is 2. The number of fused-ring (bicyclic) bond motifs is 1. The van der Waals surface area contributed by atoms with Crippen molar-refractivity contribution in [1.82, 2.24) is 44.7 Å². The number of benzene rings is 1. The summed E-state index contributed by atoms with van der Waals surface area (Å²) in [6.07, 6.45) is 9.96. The lowest BCUT2D eigenvalue weighted by Crippen LogP contribution is -2.29. The van der Waals surface area contributed by atoms with Crippen LogP contribution in [-0.4, -0.2) is 65.0 Å². The molecule has 1 saturated heterocycles. The van der Waals surface area contributed by atoms with Crippen LogP contribution < -0.4 is 15.4 Å². The second-order valence-electron chi connectivity index (χ2n) is 9.18. The highest BCUT2D eigenvalue weighted by Gasteiger charge is 2.23. The molecule has 5 aromatic rings. The molecule has 41 heavy (non-hydrogen) atoms. The zero-order chi connectivity index (χ0) is 27.6. The molecule has 1 fully saturated rings. The molecule has 0 unspecified atom stereocenters. The van der Waals surface area contributed by atoms with Crippen LogP contribution in [0.4, 0.5) is 14.5 Å². The van der Waals surface area contributed by atoms with Crippen molar-refractivity contribution < 1.29 is 18.3 Å². The number of anilines is 1. The third-order valence-electron chi connectivity index (χ3n) is 6.51. The van der Waals surface area contributed by atoms with Gasteiger partial charge in [-0.3, -0.25) is 9.48 Å². The normalized spacial score (nSPS) is 13.9. The van der Waals surface area contributed by atoms with E-state index in [1.165, 1.54) is 28.9 Å². The molecule has 0 atom stereocenters. The van der Waals surface area contributed by atoms with Gasteiger partial charge in [-0.1, -0.05) is 16.8 Å². The van der Waals surface area contributed by atoms with Crippen LogP contribution in [0.2, 0.25) is 5.02 Å². The molecule has 5 heterocycles. The van der Waals surface area contributed by atoms with Crippen molar-refractivity contribution in [2.45, 2.75) is 32.0 Å². The fraction of sp³-hybridized carbons (Fsp3) is 0.280. The molecule has 16 heteroatoms. The minimum Gasteiger partial charge on any atom is -0.434 e. The first-order valence-electron chi connectivity index (χ1n) is 12.5. The number of piperidine rings is 1. The molecule has 214 valence electrons. The Morgan fingerprint density at radius 1 is 1.24 bits per heavy atom. The fourth-order valence-corrected chi connectivity index (χ4v) is 4.83. The number of aromatic nitrogens is 8. The number of ether oxygens (including phenoxy) is 1. The molecule has 0 saturated carbocycles. The van der Waals surface area contributed by atoms with Gasteiger partial charge in [0.25, 0.3) is 5.91 Å². The molecule has 6 rings (SSSR count). The summed E-state index contributed by atoms with van der Waals surface area (Å²) in [5, 5.41) is 23.7. The van der Waals surface area contributed by atoms with Crippen LogP contribution in [0, 0.1) is 0 Å². The summed E-state index contributed by atoms with van der Waals surface area (Å²) in [5.74, 6) is -0.653. The molecular formula is C25H24Cl2F2N10O2. The van der Waals surface area contributed by atoms with Crippen LogP contribution >= 0.6 is 24.0 Å². The van der Waals surface area contributed by atoms with E-state index in [2.05, 4.69) is 36.1 Å². The van der Waals surface area contributed by atoms with Gasteiger partial charge in [0.2, 0.25) is 0 Å². The number of hydrogen-bond acceptors (Lipinski definition) is 8.